The SMILES string of the molecule is CC(=O)Nc1ccc2oc(C(=O)NC(=S)Nc3cccc(Oc4ccccc4)c3)cc2c1. The van der Waals surface area contributed by atoms with Crippen LogP contribution >= 0.6 is 12.2 Å². The highest BCUT2D eigenvalue weighted by atomic mass is 32.1. The van der Waals surface area contributed by atoms with Crippen LogP contribution in [0.4, 0.5) is 11.4 Å². The van der Waals surface area contributed by atoms with Crippen LogP contribution in [0, 0.1) is 0 Å². The molecule has 8 heteroatoms. The van der Waals surface area contributed by atoms with Crippen LogP contribution < -0.4 is 20.7 Å². The van der Waals surface area contributed by atoms with Crippen LogP contribution in [-0.4, -0.2) is 16.9 Å². The number of carbonyl (C=O) groups excluding carboxylic acids is 2. The van der Waals surface area contributed by atoms with E-state index in [1.54, 1.807) is 36.4 Å². The van der Waals surface area contributed by atoms with E-state index in [2.05, 4.69) is 16.0 Å². The summed E-state index contributed by atoms with van der Waals surface area (Å²) in [5, 5.41) is 9.06. The summed E-state index contributed by atoms with van der Waals surface area (Å²) < 4.78 is 11.4. The number of hydrogen-bond donors (Lipinski definition) is 3. The van der Waals surface area contributed by atoms with Gasteiger partial charge in [-0.05, 0) is 60.7 Å². The lowest BCUT2D eigenvalue weighted by Gasteiger charge is -2.10. The van der Waals surface area contributed by atoms with E-state index >= 15 is 0 Å². The van der Waals surface area contributed by atoms with Crippen molar-refractivity contribution in [3.05, 3.63) is 84.6 Å². The number of benzene rings is 3. The first-order valence-electron chi connectivity index (χ1n) is 9.73. The molecule has 0 bridgehead atoms. The van der Waals surface area contributed by atoms with E-state index in [0.29, 0.717) is 33.8 Å². The monoisotopic (exact) mass is 445 g/mol. The smallest absolute Gasteiger partial charge is 0.293 e. The molecule has 7 nitrogen and oxygen atoms in total. The van der Waals surface area contributed by atoms with Gasteiger partial charge in [0.2, 0.25) is 5.91 Å². The molecule has 0 aliphatic carbocycles. The van der Waals surface area contributed by atoms with Crippen LogP contribution in [0.15, 0.2) is 83.3 Å². The number of para-hydroxylation sites is 1. The maximum Gasteiger partial charge on any atom is 0.293 e. The Morgan fingerprint density at radius 2 is 1.59 bits per heavy atom. The lowest BCUT2D eigenvalue weighted by atomic mass is 10.2. The summed E-state index contributed by atoms with van der Waals surface area (Å²) >= 11 is 5.26. The maximum absolute atomic E-state index is 12.6. The Hall–Kier alpha value is -4.17. The summed E-state index contributed by atoms with van der Waals surface area (Å²) in [6.45, 7) is 1.43. The molecule has 0 radical (unpaired) electrons. The van der Waals surface area contributed by atoms with E-state index in [1.807, 2.05) is 42.5 Å². The van der Waals surface area contributed by atoms with Gasteiger partial charge in [0.1, 0.15) is 17.1 Å². The quantitative estimate of drug-likeness (QED) is 0.361. The molecule has 3 N–H and O–H groups in total. The second kappa shape index (κ2) is 9.32. The highest BCUT2D eigenvalue weighted by molar-refractivity contribution is 7.80. The predicted octanol–water partition coefficient (Wildman–Crippen LogP) is 5.31. The van der Waals surface area contributed by atoms with E-state index in [0.717, 1.165) is 0 Å². The second-order valence-corrected chi connectivity index (χ2v) is 7.30. The number of fused-ring (bicyclic) bond motifs is 1. The van der Waals surface area contributed by atoms with Crippen molar-refractivity contribution in [2.75, 3.05) is 10.6 Å². The Bertz CT molecular complexity index is 1300. The molecule has 1 heterocycles. The van der Waals surface area contributed by atoms with E-state index in [9.17, 15) is 9.59 Å². The zero-order valence-corrected chi connectivity index (χ0v) is 17.9. The van der Waals surface area contributed by atoms with Gasteiger partial charge in [0.05, 0.1) is 0 Å². The van der Waals surface area contributed by atoms with Gasteiger partial charge in [-0.15, -0.1) is 0 Å². The minimum absolute atomic E-state index is 0.102. The Labute approximate surface area is 189 Å². The number of nitrogens with one attached hydrogen (secondary N) is 3. The molecule has 0 aliphatic heterocycles. The van der Waals surface area contributed by atoms with Crippen molar-refractivity contribution in [3.63, 3.8) is 0 Å². The first-order valence-corrected chi connectivity index (χ1v) is 10.1. The molecule has 0 atom stereocenters. The van der Waals surface area contributed by atoms with E-state index < -0.39 is 5.91 Å². The standard InChI is InChI=1S/C24H19N3O4S/c1-15(28)25-18-10-11-21-16(12-18)13-22(31-21)23(29)27-24(32)26-17-6-5-9-20(14-17)30-19-7-3-2-4-8-19/h2-14H,1H3,(H,25,28)(H2,26,27,29,32). The maximum atomic E-state index is 12.6. The summed E-state index contributed by atoms with van der Waals surface area (Å²) in [5.74, 6) is 0.775. The molecule has 2 amide bonds. The normalized spacial score (nSPS) is 10.4. The first kappa shape index (κ1) is 21.1. The second-order valence-electron chi connectivity index (χ2n) is 6.90. The number of ether oxygens (including phenoxy) is 1. The highest BCUT2D eigenvalue weighted by Crippen LogP contribution is 2.25. The number of thiocarbonyl (C=S) groups is 1. The number of amides is 2. The van der Waals surface area contributed by atoms with Gasteiger partial charge in [-0.25, -0.2) is 0 Å². The minimum Gasteiger partial charge on any atom is -0.457 e. The number of carbonyl (C=O) groups is 2. The zero-order valence-electron chi connectivity index (χ0n) is 17.0. The van der Waals surface area contributed by atoms with Crippen molar-refractivity contribution in [2.45, 2.75) is 6.92 Å². The van der Waals surface area contributed by atoms with Crippen LogP contribution in [0.5, 0.6) is 11.5 Å². The third kappa shape index (κ3) is 5.30. The molecule has 160 valence electrons. The van der Waals surface area contributed by atoms with Gasteiger partial charge in [-0.2, -0.15) is 0 Å². The summed E-state index contributed by atoms with van der Waals surface area (Å²) in [5.41, 5.74) is 1.80. The molecule has 0 unspecified atom stereocenters. The van der Waals surface area contributed by atoms with Crippen molar-refractivity contribution in [3.8, 4) is 11.5 Å². The van der Waals surface area contributed by atoms with E-state index in [1.165, 1.54) is 6.92 Å². The molecule has 32 heavy (non-hydrogen) atoms. The number of anilines is 2. The van der Waals surface area contributed by atoms with Gasteiger partial charge in [0.25, 0.3) is 5.91 Å². The number of furan rings is 1. The number of hydrogen-bond acceptors (Lipinski definition) is 5. The molecule has 0 fully saturated rings. The fourth-order valence-corrected chi connectivity index (χ4v) is 3.24. The Kier molecular flexibility index (Phi) is 6.14. The topological polar surface area (TPSA) is 92.6 Å². The summed E-state index contributed by atoms with van der Waals surface area (Å²) in [4.78, 5) is 23.8. The molecule has 1 aromatic heterocycles. The average Bonchev–Trinajstić information content (AvgIpc) is 3.18. The fraction of sp³-hybridized carbons (Fsp3) is 0.0417. The molecular formula is C24H19N3O4S. The van der Waals surface area contributed by atoms with Gasteiger partial charge < -0.3 is 19.8 Å². The van der Waals surface area contributed by atoms with Gasteiger partial charge in [0, 0.05) is 29.8 Å². The van der Waals surface area contributed by atoms with Crippen molar-refractivity contribution < 1.29 is 18.7 Å². The van der Waals surface area contributed by atoms with Crippen LogP contribution in [-0.2, 0) is 4.79 Å². The van der Waals surface area contributed by atoms with E-state index in [4.69, 9.17) is 21.4 Å². The van der Waals surface area contributed by atoms with E-state index in [-0.39, 0.29) is 16.8 Å². The average molecular weight is 446 g/mol. The largest absolute Gasteiger partial charge is 0.457 e. The van der Waals surface area contributed by atoms with Gasteiger partial charge in [-0.1, -0.05) is 24.3 Å². The fourth-order valence-electron chi connectivity index (χ4n) is 3.03. The van der Waals surface area contributed by atoms with Crippen molar-refractivity contribution in [1.29, 1.82) is 0 Å². The molecule has 0 spiro atoms. The summed E-state index contributed by atoms with van der Waals surface area (Å²) in [6, 6.07) is 23.3. The van der Waals surface area contributed by atoms with Crippen molar-refractivity contribution in [1.82, 2.24) is 5.32 Å². The number of rotatable bonds is 5. The molecule has 0 aliphatic rings. The highest BCUT2D eigenvalue weighted by Gasteiger charge is 2.14. The van der Waals surface area contributed by atoms with Gasteiger partial charge in [-0.3, -0.25) is 14.9 Å². The lowest BCUT2D eigenvalue weighted by molar-refractivity contribution is -0.114. The van der Waals surface area contributed by atoms with Crippen LogP contribution in [0.1, 0.15) is 17.5 Å². The van der Waals surface area contributed by atoms with Crippen LogP contribution in [0.3, 0.4) is 0 Å². The molecule has 3 aromatic carbocycles. The molecular weight excluding hydrogens is 426 g/mol. The van der Waals surface area contributed by atoms with Crippen LogP contribution in [0.2, 0.25) is 0 Å². The van der Waals surface area contributed by atoms with Crippen molar-refractivity contribution in [2.24, 2.45) is 0 Å². The van der Waals surface area contributed by atoms with Gasteiger partial charge in [0.15, 0.2) is 10.9 Å². The van der Waals surface area contributed by atoms with Crippen LogP contribution in [0.25, 0.3) is 11.0 Å². The molecule has 4 rings (SSSR count). The zero-order chi connectivity index (χ0) is 22.5. The summed E-state index contributed by atoms with van der Waals surface area (Å²) in [6.07, 6.45) is 0. The minimum atomic E-state index is -0.489. The lowest BCUT2D eigenvalue weighted by Crippen LogP contribution is -2.33. The Morgan fingerprint density at radius 3 is 2.38 bits per heavy atom. The predicted molar refractivity (Wildman–Crippen MR) is 127 cm³/mol. The van der Waals surface area contributed by atoms with Crippen molar-refractivity contribution >= 4 is 51.5 Å². The third-order valence-corrected chi connectivity index (χ3v) is 4.56. The first-order chi connectivity index (χ1) is 15.5. The Balaban J connectivity index is 1.40. The molecule has 4 aromatic rings. The van der Waals surface area contributed by atoms with Gasteiger partial charge >= 0.3 is 0 Å². The third-order valence-electron chi connectivity index (χ3n) is 4.36. The Morgan fingerprint density at radius 1 is 0.844 bits per heavy atom. The molecule has 0 saturated carbocycles. The summed E-state index contributed by atoms with van der Waals surface area (Å²) in [7, 11) is 0. The molecule has 0 saturated heterocycles.